The Morgan fingerprint density at radius 2 is 1.38 bits per heavy atom. The Kier molecular flexibility index (Phi) is 5.96. The number of carbonyl (C=O) groups is 1. The number of carbonyl (C=O) groups excluding carboxylic acids is 1. The topological polar surface area (TPSA) is 17.1 Å². The van der Waals surface area contributed by atoms with E-state index in [4.69, 9.17) is 0 Å². The minimum absolute atomic E-state index is 0.256. The monoisotopic (exact) mass is 278 g/mol. The SMILES string of the molecule is C/C(=C\CCc1ccccc1)C(=O)CCc1ccccc1. The van der Waals surface area contributed by atoms with Gasteiger partial charge in [-0.05, 0) is 42.9 Å². The highest BCUT2D eigenvalue weighted by atomic mass is 16.1. The predicted octanol–water partition coefficient (Wildman–Crippen LogP) is 4.77. The molecule has 2 aromatic carbocycles. The van der Waals surface area contributed by atoms with Crippen LogP contribution in [0.1, 0.15) is 30.9 Å². The molecule has 0 atom stereocenters. The third-order valence-corrected chi connectivity index (χ3v) is 3.65. The van der Waals surface area contributed by atoms with Crippen LogP contribution in [0.15, 0.2) is 72.3 Å². The fraction of sp³-hybridized carbons (Fsp3) is 0.250. The smallest absolute Gasteiger partial charge is 0.158 e. The van der Waals surface area contributed by atoms with Crippen molar-refractivity contribution in [1.29, 1.82) is 0 Å². The molecule has 0 unspecified atom stereocenters. The molecule has 0 radical (unpaired) electrons. The Balaban J connectivity index is 1.77. The molecule has 0 aromatic heterocycles. The Labute approximate surface area is 127 Å². The van der Waals surface area contributed by atoms with Crippen LogP contribution in [-0.4, -0.2) is 5.78 Å². The highest BCUT2D eigenvalue weighted by Gasteiger charge is 2.04. The summed E-state index contributed by atoms with van der Waals surface area (Å²) < 4.78 is 0. The van der Waals surface area contributed by atoms with Crippen LogP contribution in [0.3, 0.4) is 0 Å². The molecule has 0 aliphatic rings. The lowest BCUT2D eigenvalue weighted by Crippen LogP contribution is -2.02. The van der Waals surface area contributed by atoms with E-state index in [1.54, 1.807) is 0 Å². The maximum Gasteiger partial charge on any atom is 0.158 e. The zero-order valence-electron chi connectivity index (χ0n) is 12.6. The van der Waals surface area contributed by atoms with Gasteiger partial charge in [-0.3, -0.25) is 4.79 Å². The van der Waals surface area contributed by atoms with Crippen LogP contribution < -0.4 is 0 Å². The van der Waals surface area contributed by atoms with Crippen molar-refractivity contribution in [2.24, 2.45) is 0 Å². The number of aryl methyl sites for hydroxylation is 2. The van der Waals surface area contributed by atoms with Gasteiger partial charge in [-0.25, -0.2) is 0 Å². The van der Waals surface area contributed by atoms with Gasteiger partial charge >= 0.3 is 0 Å². The number of hydrogen-bond acceptors (Lipinski definition) is 1. The predicted molar refractivity (Wildman–Crippen MR) is 88.3 cm³/mol. The number of allylic oxidation sites excluding steroid dienone is 2. The molecule has 2 rings (SSSR count). The quantitative estimate of drug-likeness (QED) is 0.667. The summed E-state index contributed by atoms with van der Waals surface area (Å²) in [5, 5.41) is 0. The molecule has 1 nitrogen and oxygen atoms in total. The largest absolute Gasteiger partial charge is 0.295 e. The first-order chi connectivity index (χ1) is 10.3. The van der Waals surface area contributed by atoms with E-state index in [9.17, 15) is 4.79 Å². The van der Waals surface area contributed by atoms with Crippen molar-refractivity contribution in [1.82, 2.24) is 0 Å². The summed E-state index contributed by atoms with van der Waals surface area (Å²) in [6.07, 6.45) is 5.40. The third-order valence-electron chi connectivity index (χ3n) is 3.65. The van der Waals surface area contributed by atoms with Gasteiger partial charge in [0.1, 0.15) is 0 Å². The van der Waals surface area contributed by atoms with Crippen LogP contribution in [-0.2, 0) is 17.6 Å². The molecule has 0 N–H and O–H groups in total. The average molecular weight is 278 g/mol. The fourth-order valence-corrected chi connectivity index (χ4v) is 2.31. The van der Waals surface area contributed by atoms with Crippen LogP contribution in [0.2, 0.25) is 0 Å². The van der Waals surface area contributed by atoms with Gasteiger partial charge < -0.3 is 0 Å². The van der Waals surface area contributed by atoms with Gasteiger partial charge in [0.15, 0.2) is 5.78 Å². The second-order valence-corrected chi connectivity index (χ2v) is 5.32. The molecule has 21 heavy (non-hydrogen) atoms. The lowest BCUT2D eigenvalue weighted by Gasteiger charge is -2.03. The molecule has 0 heterocycles. The fourth-order valence-electron chi connectivity index (χ4n) is 2.31. The summed E-state index contributed by atoms with van der Waals surface area (Å²) >= 11 is 0. The summed E-state index contributed by atoms with van der Waals surface area (Å²) in [6.45, 7) is 1.93. The van der Waals surface area contributed by atoms with Crippen molar-refractivity contribution in [2.75, 3.05) is 0 Å². The molecule has 0 saturated carbocycles. The maximum atomic E-state index is 12.1. The molecule has 2 aromatic rings. The normalized spacial score (nSPS) is 11.4. The summed E-state index contributed by atoms with van der Waals surface area (Å²) in [7, 11) is 0. The van der Waals surface area contributed by atoms with Crippen molar-refractivity contribution in [3.05, 3.63) is 83.4 Å². The molecular weight excluding hydrogens is 256 g/mol. The van der Waals surface area contributed by atoms with Crippen molar-refractivity contribution >= 4 is 5.78 Å². The molecule has 108 valence electrons. The minimum atomic E-state index is 0.256. The number of ketones is 1. The number of hydrogen-bond donors (Lipinski definition) is 0. The van der Waals surface area contributed by atoms with Crippen molar-refractivity contribution in [3.8, 4) is 0 Å². The Bertz CT molecular complexity index is 582. The Hall–Kier alpha value is -2.15. The first-order valence-electron chi connectivity index (χ1n) is 7.53. The van der Waals surface area contributed by atoms with Crippen LogP contribution in [0.4, 0.5) is 0 Å². The van der Waals surface area contributed by atoms with Crippen molar-refractivity contribution in [3.63, 3.8) is 0 Å². The lowest BCUT2D eigenvalue weighted by molar-refractivity contribution is -0.115. The van der Waals surface area contributed by atoms with Crippen LogP contribution in [0.25, 0.3) is 0 Å². The van der Waals surface area contributed by atoms with E-state index in [1.807, 2.05) is 31.2 Å². The first kappa shape index (κ1) is 15.2. The van der Waals surface area contributed by atoms with Gasteiger partial charge in [0.2, 0.25) is 0 Å². The molecule has 0 bridgehead atoms. The summed E-state index contributed by atoms with van der Waals surface area (Å²) in [5.41, 5.74) is 3.43. The molecule has 0 aliphatic carbocycles. The number of benzene rings is 2. The summed E-state index contributed by atoms with van der Waals surface area (Å²) in [5.74, 6) is 0.256. The van der Waals surface area contributed by atoms with Crippen LogP contribution in [0.5, 0.6) is 0 Å². The first-order valence-corrected chi connectivity index (χ1v) is 7.53. The van der Waals surface area contributed by atoms with Crippen molar-refractivity contribution < 1.29 is 4.79 Å². The molecule has 0 saturated heterocycles. The van der Waals surface area contributed by atoms with Gasteiger partial charge in [-0.15, -0.1) is 0 Å². The van der Waals surface area contributed by atoms with Gasteiger partial charge in [0, 0.05) is 6.42 Å². The van der Waals surface area contributed by atoms with E-state index in [2.05, 4.69) is 42.5 Å². The van der Waals surface area contributed by atoms with E-state index in [0.717, 1.165) is 24.8 Å². The second kappa shape index (κ2) is 8.21. The Morgan fingerprint density at radius 3 is 1.95 bits per heavy atom. The van der Waals surface area contributed by atoms with E-state index in [-0.39, 0.29) is 5.78 Å². The van der Waals surface area contributed by atoms with Gasteiger partial charge in [0.25, 0.3) is 0 Å². The Morgan fingerprint density at radius 1 is 0.857 bits per heavy atom. The molecule has 0 fully saturated rings. The summed E-state index contributed by atoms with van der Waals surface area (Å²) in [6, 6.07) is 20.6. The third kappa shape index (κ3) is 5.39. The molecule has 0 aliphatic heterocycles. The second-order valence-electron chi connectivity index (χ2n) is 5.32. The number of Topliss-reactive ketones (excluding diaryl/α,β-unsaturated/α-hetero) is 1. The van der Waals surface area contributed by atoms with E-state index in [1.165, 1.54) is 11.1 Å². The standard InChI is InChI=1S/C20H22O/c1-17(9-8-14-18-10-4-2-5-11-18)20(21)16-15-19-12-6-3-7-13-19/h2-7,9-13H,8,14-16H2,1H3/b17-9+. The molecule has 0 amide bonds. The van der Waals surface area contributed by atoms with Crippen molar-refractivity contribution in [2.45, 2.75) is 32.6 Å². The zero-order chi connectivity index (χ0) is 14.9. The molecule has 0 spiro atoms. The van der Waals surface area contributed by atoms with Gasteiger partial charge in [-0.1, -0.05) is 66.7 Å². The highest BCUT2D eigenvalue weighted by Crippen LogP contribution is 2.09. The van der Waals surface area contributed by atoms with E-state index < -0.39 is 0 Å². The maximum absolute atomic E-state index is 12.1. The van der Waals surface area contributed by atoms with Gasteiger partial charge in [0.05, 0.1) is 0 Å². The van der Waals surface area contributed by atoms with Crippen LogP contribution >= 0.6 is 0 Å². The number of rotatable bonds is 7. The minimum Gasteiger partial charge on any atom is -0.295 e. The molecular formula is C20H22O. The van der Waals surface area contributed by atoms with Gasteiger partial charge in [-0.2, -0.15) is 0 Å². The van der Waals surface area contributed by atoms with E-state index in [0.29, 0.717) is 6.42 Å². The lowest BCUT2D eigenvalue weighted by atomic mass is 10.0. The highest BCUT2D eigenvalue weighted by molar-refractivity contribution is 5.94. The van der Waals surface area contributed by atoms with E-state index >= 15 is 0 Å². The van der Waals surface area contributed by atoms with Crippen LogP contribution in [0, 0.1) is 0 Å². The molecule has 1 heteroatoms. The summed E-state index contributed by atoms with van der Waals surface area (Å²) in [4.78, 5) is 12.1. The zero-order valence-corrected chi connectivity index (χ0v) is 12.6. The average Bonchev–Trinajstić information content (AvgIpc) is 2.54.